The number of carbonyl (C=O) groups excluding carboxylic acids is 1. The van der Waals surface area contributed by atoms with Gasteiger partial charge in [0.15, 0.2) is 5.78 Å². The molecule has 5 nitrogen and oxygen atoms in total. The Hall–Kier alpha value is -3.21. The van der Waals surface area contributed by atoms with Crippen LogP contribution in [-0.2, 0) is 7.05 Å². The molecule has 24 heavy (non-hydrogen) atoms. The van der Waals surface area contributed by atoms with Crippen LogP contribution in [0.4, 0.5) is 0 Å². The number of hydrogen-bond donors (Lipinski definition) is 0. The normalized spacial score (nSPS) is 10.4. The molecule has 120 valence electrons. The zero-order valence-electron chi connectivity index (χ0n) is 13.4. The summed E-state index contributed by atoms with van der Waals surface area (Å²) in [7, 11) is 1.55. The average molecular weight is 320 g/mol. The van der Waals surface area contributed by atoms with E-state index in [0.717, 1.165) is 0 Å². The summed E-state index contributed by atoms with van der Waals surface area (Å²) in [6, 6.07) is 18.0. The van der Waals surface area contributed by atoms with Crippen molar-refractivity contribution in [3.05, 3.63) is 76.6 Å². The van der Waals surface area contributed by atoms with Crippen LogP contribution in [-0.4, -0.2) is 15.6 Å². The predicted octanol–water partition coefficient (Wildman–Crippen LogP) is 3.44. The lowest BCUT2D eigenvalue weighted by Gasteiger charge is -2.13. The van der Waals surface area contributed by atoms with Gasteiger partial charge in [0, 0.05) is 18.7 Å². The molecule has 1 aromatic heterocycles. The second-order valence-electron chi connectivity index (χ2n) is 5.34. The molecule has 0 fully saturated rings. The number of ketones is 1. The van der Waals surface area contributed by atoms with Crippen molar-refractivity contribution in [3.63, 3.8) is 0 Å². The van der Waals surface area contributed by atoms with Crippen LogP contribution in [0.15, 0.2) is 65.5 Å². The molecule has 0 N–H and O–H groups in total. The Labute approximate surface area is 139 Å². The number of hydrogen-bond acceptors (Lipinski definition) is 4. The molecule has 0 bridgehead atoms. The molecule has 2 aromatic carbocycles. The quantitative estimate of drug-likeness (QED) is 0.691. The summed E-state index contributed by atoms with van der Waals surface area (Å²) in [4.78, 5) is 23.8. The summed E-state index contributed by atoms with van der Waals surface area (Å²) in [6.07, 6.45) is 0. The highest BCUT2D eigenvalue weighted by molar-refractivity contribution is 6.00. The van der Waals surface area contributed by atoms with Crippen molar-refractivity contribution < 1.29 is 9.53 Å². The molecule has 0 atom stereocenters. The number of aromatic nitrogens is 2. The van der Waals surface area contributed by atoms with Gasteiger partial charge in [-0.3, -0.25) is 9.59 Å². The highest BCUT2D eigenvalue weighted by Crippen LogP contribution is 2.33. The number of aryl methyl sites for hydroxylation is 1. The number of carbonyl (C=O) groups is 1. The van der Waals surface area contributed by atoms with Gasteiger partial charge in [-0.15, -0.1) is 0 Å². The molecule has 3 aromatic rings. The smallest absolute Gasteiger partial charge is 0.267 e. The Morgan fingerprint density at radius 3 is 2.42 bits per heavy atom. The van der Waals surface area contributed by atoms with Crippen LogP contribution in [0, 0.1) is 0 Å². The van der Waals surface area contributed by atoms with E-state index in [1.807, 2.05) is 48.5 Å². The molecule has 3 rings (SSSR count). The molecule has 0 spiro atoms. The number of Topliss-reactive ketones (excluding diaryl/α,β-unsaturated/α-hetero) is 1. The van der Waals surface area contributed by atoms with Crippen molar-refractivity contribution in [3.8, 4) is 22.8 Å². The van der Waals surface area contributed by atoms with Crippen molar-refractivity contribution in [1.82, 2.24) is 9.78 Å². The third kappa shape index (κ3) is 3.10. The van der Waals surface area contributed by atoms with Gasteiger partial charge in [0.25, 0.3) is 5.56 Å². The van der Waals surface area contributed by atoms with Gasteiger partial charge in [0.1, 0.15) is 17.2 Å². The SMILES string of the molecule is CC(=O)c1cc(=O)n(C)nc1-c1ccccc1Oc1ccccc1. The number of ether oxygens (including phenoxy) is 1. The Morgan fingerprint density at radius 1 is 1.04 bits per heavy atom. The first-order chi connectivity index (χ1) is 11.6. The Bertz CT molecular complexity index is 946. The van der Waals surface area contributed by atoms with E-state index < -0.39 is 0 Å². The van der Waals surface area contributed by atoms with Crippen LogP contribution in [0.5, 0.6) is 11.5 Å². The highest BCUT2D eigenvalue weighted by atomic mass is 16.5. The maximum absolute atomic E-state index is 11.9. The number of nitrogens with zero attached hydrogens (tertiary/aromatic N) is 2. The first-order valence-electron chi connectivity index (χ1n) is 7.48. The van der Waals surface area contributed by atoms with Crippen LogP contribution < -0.4 is 10.3 Å². The molecule has 0 unspecified atom stereocenters. The first kappa shape index (κ1) is 15.7. The summed E-state index contributed by atoms with van der Waals surface area (Å²) >= 11 is 0. The van der Waals surface area contributed by atoms with Crippen LogP contribution in [0.3, 0.4) is 0 Å². The Morgan fingerprint density at radius 2 is 1.71 bits per heavy atom. The van der Waals surface area contributed by atoms with E-state index in [1.165, 1.54) is 17.7 Å². The fourth-order valence-corrected chi connectivity index (χ4v) is 2.37. The van der Waals surface area contributed by atoms with E-state index in [9.17, 15) is 9.59 Å². The highest BCUT2D eigenvalue weighted by Gasteiger charge is 2.17. The van der Waals surface area contributed by atoms with E-state index in [1.54, 1.807) is 13.1 Å². The minimum Gasteiger partial charge on any atom is -0.457 e. The second-order valence-corrected chi connectivity index (χ2v) is 5.34. The summed E-state index contributed by atoms with van der Waals surface area (Å²) in [5, 5.41) is 4.27. The van der Waals surface area contributed by atoms with E-state index in [4.69, 9.17) is 4.74 Å². The average Bonchev–Trinajstić information content (AvgIpc) is 2.58. The molecule has 0 radical (unpaired) electrons. The fraction of sp³-hybridized carbons (Fsp3) is 0.105. The van der Waals surface area contributed by atoms with Crippen molar-refractivity contribution in [2.45, 2.75) is 6.92 Å². The van der Waals surface area contributed by atoms with E-state index >= 15 is 0 Å². The van der Waals surface area contributed by atoms with Crippen molar-refractivity contribution in [2.75, 3.05) is 0 Å². The Balaban J connectivity index is 2.16. The zero-order valence-corrected chi connectivity index (χ0v) is 13.4. The van der Waals surface area contributed by atoms with Gasteiger partial charge in [-0.1, -0.05) is 30.3 Å². The largest absolute Gasteiger partial charge is 0.457 e. The zero-order chi connectivity index (χ0) is 17.1. The van der Waals surface area contributed by atoms with Gasteiger partial charge in [0.05, 0.1) is 5.56 Å². The van der Waals surface area contributed by atoms with E-state index in [0.29, 0.717) is 22.8 Å². The lowest BCUT2D eigenvalue weighted by molar-refractivity contribution is 0.101. The van der Waals surface area contributed by atoms with E-state index in [-0.39, 0.29) is 16.9 Å². The summed E-state index contributed by atoms with van der Waals surface area (Å²) in [6.45, 7) is 1.42. The molecular weight excluding hydrogens is 304 g/mol. The van der Waals surface area contributed by atoms with Gasteiger partial charge < -0.3 is 4.74 Å². The minimum atomic E-state index is -0.328. The number of para-hydroxylation sites is 2. The van der Waals surface area contributed by atoms with Crippen molar-refractivity contribution in [2.24, 2.45) is 7.05 Å². The van der Waals surface area contributed by atoms with Crippen LogP contribution in [0.2, 0.25) is 0 Å². The van der Waals surface area contributed by atoms with Crippen LogP contribution >= 0.6 is 0 Å². The van der Waals surface area contributed by atoms with Gasteiger partial charge in [0.2, 0.25) is 0 Å². The molecule has 0 saturated carbocycles. The molecule has 0 saturated heterocycles. The number of rotatable bonds is 4. The first-order valence-corrected chi connectivity index (χ1v) is 7.48. The maximum atomic E-state index is 11.9. The summed E-state index contributed by atoms with van der Waals surface area (Å²) < 4.78 is 7.14. The third-order valence-corrected chi connectivity index (χ3v) is 3.58. The third-order valence-electron chi connectivity index (χ3n) is 3.58. The standard InChI is InChI=1S/C19H16N2O3/c1-13(22)16-12-18(23)21(2)20-19(16)15-10-6-7-11-17(15)24-14-8-4-3-5-9-14/h3-12H,1-2H3. The molecule has 0 aliphatic heterocycles. The molecule has 1 heterocycles. The van der Waals surface area contributed by atoms with Crippen molar-refractivity contribution >= 4 is 5.78 Å². The molecule has 5 heteroatoms. The lowest BCUT2D eigenvalue weighted by Crippen LogP contribution is -2.21. The van der Waals surface area contributed by atoms with Gasteiger partial charge in [-0.2, -0.15) is 5.10 Å². The van der Waals surface area contributed by atoms with Gasteiger partial charge >= 0.3 is 0 Å². The topological polar surface area (TPSA) is 61.2 Å². The fourth-order valence-electron chi connectivity index (χ4n) is 2.37. The van der Waals surface area contributed by atoms with Crippen LogP contribution in [0.1, 0.15) is 17.3 Å². The molecular formula is C19H16N2O3. The summed E-state index contributed by atoms with van der Waals surface area (Å²) in [5.41, 5.74) is 1.03. The molecule has 0 aliphatic carbocycles. The monoisotopic (exact) mass is 320 g/mol. The predicted molar refractivity (Wildman–Crippen MR) is 91.4 cm³/mol. The maximum Gasteiger partial charge on any atom is 0.267 e. The van der Waals surface area contributed by atoms with Gasteiger partial charge in [-0.05, 0) is 31.2 Å². The Kier molecular flexibility index (Phi) is 4.24. The molecule has 0 amide bonds. The van der Waals surface area contributed by atoms with Crippen molar-refractivity contribution in [1.29, 1.82) is 0 Å². The second kappa shape index (κ2) is 6.50. The molecule has 0 aliphatic rings. The lowest BCUT2D eigenvalue weighted by atomic mass is 10.0. The summed E-state index contributed by atoms with van der Waals surface area (Å²) in [5.74, 6) is 1.03. The minimum absolute atomic E-state index is 0.218. The van der Waals surface area contributed by atoms with E-state index in [2.05, 4.69) is 5.10 Å². The van der Waals surface area contributed by atoms with Crippen LogP contribution in [0.25, 0.3) is 11.3 Å². The van der Waals surface area contributed by atoms with Gasteiger partial charge in [-0.25, -0.2) is 4.68 Å². The number of benzene rings is 2.